The molecule has 0 spiro atoms. The normalized spacial score (nSPS) is 11.2. The zero-order valence-electron chi connectivity index (χ0n) is 12.0. The molecular formula is C16H18N4. The topological polar surface area (TPSA) is 56.2 Å². The minimum absolute atomic E-state index is 0.643. The molecule has 0 saturated carbocycles. The number of nitrogens with zero attached hydrogens (tertiary/aromatic N) is 3. The summed E-state index contributed by atoms with van der Waals surface area (Å²) in [5.41, 5.74) is 12.3. The van der Waals surface area contributed by atoms with E-state index in [0.29, 0.717) is 5.82 Å². The van der Waals surface area contributed by atoms with Crippen molar-refractivity contribution in [3.05, 3.63) is 47.3 Å². The van der Waals surface area contributed by atoms with Crippen LogP contribution in [0.3, 0.4) is 0 Å². The standard InChI is InChI=1S/C16H18N4/c1-4-12-5-7-13(8-6-12)15-11(3)18-14-9-10(2)19-20(14)16(15)17/h5-9H,4,17H2,1-3H3. The molecule has 1 aromatic carbocycles. The van der Waals surface area contributed by atoms with Gasteiger partial charge in [0.15, 0.2) is 5.65 Å². The second-order valence-corrected chi connectivity index (χ2v) is 5.06. The average Bonchev–Trinajstić information content (AvgIpc) is 2.80. The van der Waals surface area contributed by atoms with Crippen molar-refractivity contribution >= 4 is 11.5 Å². The minimum Gasteiger partial charge on any atom is -0.383 e. The first kappa shape index (κ1) is 12.7. The van der Waals surface area contributed by atoms with Gasteiger partial charge in [-0.1, -0.05) is 31.2 Å². The molecule has 2 heterocycles. The Morgan fingerprint density at radius 1 is 1.15 bits per heavy atom. The quantitative estimate of drug-likeness (QED) is 0.775. The highest BCUT2D eigenvalue weighted by Crippen LogP contribution is 2.29. The smallest absolute Gasteiger partial charge is 0.157 e. The van der Waals surface area contributed by atoms with E-state index in [0.717, 1.165) is 34.6 Å². The maximum atomic E-state index is 6.30. The molecule has 0 fully saturated rings. The van der Waals surface area contributed by atoms with Gasteiger partial charge < -0.3 is 5.73 Å². The lowest BCUT2D eigenvalue weighted by atomic mass is 10.0. The third kappa shape index (κ3) is 1.93. The molecule has 102 valence electrons. The van der Waals surface area contributed by atoms with Gasteiger partial charge in [0.25, 0.3) is 0 Å². The maximum Gasteiger partial charge on any atom is 0.157 e. The summed E-state index contributed by atoms with van der Waals surface area (Å²) in [7, 11) is 0. The summed E-state index contributed by atoms with van der Waals surface area (Å²) in [6.07, 6.45) is 1.03. The fourth-order valence-corrected chi connectivity index (χ4v) is 2.53. The van der Waals surface area contributed by atoms with Gasteiger partial charge in [0.05, 0.1) is 11.4 Å². The van der Waals surface area contributed by atoms with Crippen molar-refractivity contribution in [2.45, 2.75) is 27.2 Å². The van der Waals surface area contributed by atoms with E-state index in [1.165, 1.54) is 5.56 Å². The number of aromatic nitrogens is 3. The summed E-state index contributed by atoms with van der Waals surface area (Å²) in [6.45, 7) is 6.08. The van der Waals surface area contributed by atoms with Gasteiger partial charge in [-0.3, -0.25) is 0 Å². The summed E-state index contributed by atoms with van der Waals surface area (Å²) in [6, 6.07) is 10.4. The summed E-state index contributed by atoms with van der Waals surface area (Å²) in [4.78, 5) is 4.60. The number of aryl methyl sites for hydroxylation is 3. The number of nitrogen functional groups attached to an aromatic ring is 1. The molecule has 3 aromatic rings. The Balaban J connectivity index is 2.23. The van der Waals surface area contributed by atoms with Crippen LogP contribution in [0.15, 0.2) is 30.3 Å². The molecule has 2 N–H and O–H groups in total. The summed E-state index contributed by atoms with van der Waals surface area (Å²) < 4.78 is 1.71. The highest BCUT2D eigenvalue weighted by Gasteiger charge is 2.13. The zero-order valence-corrected chi connectivity index (χ0v) is 12.0. The van der Waals surface area contributed by atoms with Crippen molar-refractivity contribution in [3.8, 4) is 11.1 Å². The molecule has 3 rings (SSSR count). The fourth-order valence-electron chi connectivity index (χ4n) is 2.53. The molecule has 0 aliphatic rings. The van der Waals surface area contributed by atoms with Crippen LogP contribution in [0, 0.1) is 13.8 Å². The Labute approximate surface area is 118 Å². The third-order valence-electron chi connectivity index (χ3n) is 3.59. The molecule has 0 saturated heterocycles. The Morgan fingerprint density at radius 3 is 2.50 bits per heavy atom. The van der Waals surface area contributed by atoms with E-state index in [2.05, 4.69) is 41.3 Å². The number of anilines is 1. The number of benzene rings is 1. The van der Waals surface area contributed by atoms with E-state index >= 15 is 0 Å². The molecular weight excluding hydrogens is 248 g/mol. The van der Waals surface area contributed by atoms with Crippen molar-refractivity contribution in [1.82, 2.24) is 14.6 Å². The van der Waals surface area contributed by atoms with Crippen LogP contribution in [0.25, 0.3) is 16.8 Å². The number of hydrogen-bond acceptors (Lipinski definition) is 3. The largest absolute Gasteiger partial charge is 0.383 e. The Morgan fingerprint density at radius 2 is 1.85 bits per heavy atom. The number of rotatable bonds is 2. The lowest BCUT2D eigenvalue weighted by Crippen LogP contribution is -2.05. The molecule has 4 heteroatoms. The van der Waals surface area contributed by atoms with E-state index in [1.807, 2.05) is 19.9 Å². The first-order valence-corrected chi connectivity index (χ1v) is 6.82. The summed E-state index contributed by atoms with van der Waals surface area (Å²) in [5.74, 6) is 0.643. The van der Waals surface area contributed by atoms with E-state index in [1.54, 1.807) is 4.52 Å². The van der Waals surface area contributed by atoms with E-state index in [4.69, 9.17) is 5.73 Å². The van der Waals surface area contributed by atoms with Crippen LogP contribution in [0.1, 0.15) is 23.9 Å². The van der Waals surface area contributed by atoms with Crippen LogP contribution in [0.2, 0.25) is 0 Å². The van der Waals surface area contributed by atoms with Gasteiger partial charge in [0.2, 0.25) is 0 Å². The van der Waals surface area contributed by atoms with Crippen LogP contribution in [-0.2, 0) is 6.42 Å². The van der Waals surface area contributed by atoms with Crippen LogP contribution in [0.5, 0.6) is 0 Å². The first-order chi connectivity index (χ1) is 9.60. The Kier molecular flexibility index (Phi) is 2.93. The van der Waals surface area contributed by atoms with E-state index in [-0.39, 0.29) is 0 Å². The molecule has 0 atom stereocenters. The summed E-state index contributed by atoms with van der Waals surface area (Å²) in [5, 5.41) is 4.40. The molecule has 0 aliphatic heterocycles. The number of hydrogen-bond donors (Lipinski definition) is 1. The summed E-state index contributed by atoms with van der Waals surface area (Å²) >= 11 is 0. The van der Waals surface area contributed by atoms with Gasteiger partial charge in [0, 0.05) is 11.6 Å². The predicted molar refractivity (Wildman–Crippen MR) is 81.7 cm³/mol. The van der Waals surface area contributed by atoms with Gasteiger partial charge in [-0.05, 0) is 31.4 Å². The zero-order chi connectivity index (χ0) is 14.3. The minimum atomic E-state index is 0.643. The molecule has 0 unspecified atom stereocenters. The second-order valence-electron chi connectivity index (χ2n) is 5.06. The van der Waals surface area contributed by atoms with Gasteiger partial charge in [-0.2, -0.15) is 9.61 Å². The second kappa shape index (κ2) is 4.63. The number of nitrogens with two attached hydrogens (primary N) is 1. The molecule has 20 heavy (non-hydrogen) atoms. The fraction of sp³-hybridized carbons (Fsp3) is 0.250. The first-order valence-electron chi connectivity index (χ1n) is 6.82. The van der Waals surface area contributed by atoms with Crippen molar-refractivity contribution in [3.63, 3.8) is 0 Å². The van der Waals surface area contributed by atoms with Crippen LogP contribution < -0.4 is 5.73 Å². The van der Waals surface area contributed by atoms with Crippen LogP contribution in [0.4, 0.5) is 5.82 Å². The van der Waals surface area contributed by atoms with Crippen LogP contribution >= 0.6 is 0 Å². The Hall–Kier alpha value is -2.36. The predicted octanol–water partition coefficient (Wildman–Crippen LogP) is 3.16. The lowest BCUT2D eigenvalue weighted by molar-refractivity contribution is 0.923. The average molecular weight is 266 g/mol. The lowest BCUT2D eigenvalue weighted by Gasteiger charge is -2.11. The van der Waals surface area contributed by atoms with Crippen molar-refractivity contribution < 1.29 is 0 Å². The van der Waals surface area contributed by atoms with Crippen molar-refractivity contribution in [1.29, 1.82) is 0 Å². The van der Waals surface area contributed by atoms with E-state index < -0.39 is 0 Å². The molecule has 2 aromatic heterocycles. The molecule has 0 aliphatic carbocycles. The number of fused-ring (bicyclic) bond motifs is 1. The van der Waals surface area contributed by atoms with Gasteiger partial charge in [-0.25, -0.2) is 4.98 Å². The van der Waals surface area contributed by atoms with Gasteiger partial charge >= 0.3 is 0 Å². The molecule has 0 bridgehead atoms. The third-order valence-corrected chi connectivity index (χ3v) is 3.59. The molecule has 0 amide bonds. The molecule has 0 radical (unpaired) electrons. The highest BCUT2D eigenvalue weighted by molar-refractivity contribution is 5.78. The molecule has 4 nitrogen and oxygen atoms in total. The van der Waals surface area contributed by atoms with Crippen LogP contribution in [-0.4, -0.2) is 14.6 Å². The van der Waals surface area contributed by atoms with Crippen molar-refractivity contribution in [2.24, 2.45) is 0 Å². The van der Waals surface area contributed by atoms with E-state index in [9.17, 15) is 0 Å². The monoisotopic (exact) mass is 266 g/mol. The Bertz CT molecular complexity index is 769. The highest BCUT2D eigenvalue weighted by atomic mass is 15.3. The van der Waals surface area contributed by atoms with Crippen molar-refractivity contribution in [2.75, 3.05) is 5.73 Å². The van der Waals surface area contributed by atoms with Gasteiger partial charge in [0.1, 0.15) is 5.82 Å². The van der Waals surface area contributed by atoms with Gasteiger partial charge in [-0.15, -0.1) is 0 Å². The maximum absolute atomic E-state index is 6.30. The SMILES string of the molecule is CCc1ccc(-c2c(C)nc3cc(C)nn3c2N)cc1.